The summed E-state index contributed by atoms with van der Waals surface area (Å²) in [4.78, 5) is 10.8. The molecule has 0 bridgehead atoms. The molecule has 13 heavy (non-hydrogen) atoms. The zero-order chi connectivity index (χ0) is 9.68. The molecule has 5 heteroatoms. The maximum absolute atomic E-state index is 10.8. The molecule has 0 saturated carbocycles. The highest BCUT2D eigenvalue weighted by atomic mass is 16.5. The molecule has 1 fully saturated rings. The van der Waals surface area contributed by atoms with Gasteiger partial charge < -0.3 is 10.1 Å². The fourth-order valence-electron chi connectivity index (χ4n) is 1.65. The first-order valence-electron chi connectivity index (χ1n) is 4.64. The van der Waals surface area contributed by atoms with E-state index in [4.69, 9.17) is 10.6 Å². The van der Waals surface area contributed by atoms with E-state index in [-0.39, 0.29) is 12.1 Å². The number of hydrazine groups is 1. The minimum absolute atomic E-state index is 0.290. The Kier molecular flexibility index (Phi) is 3.98. The highest BCUT2D eigenvalue weighted by molar-refractivity contribution is 5.72. The van der Waals surface area contributed by atoms with Crippen LogP contribution in [0.4, 0.5) is 4.79 Å². The van der Waals surface area contributed by atoms with E-state index in [1.165, 1.54) is 0 Å². The molecule has 1 aliphatic rings. The maximum atomic E-state index is 10.8. The third kappa shape index (κ3) is 2.86. The third-order valence-electron chi connectivity index (χ3n) is 2.40. The van der Waals surface area contributed by atoms with Crippen LogP contribution in [0.2, 0.25) is 0 Å². The van der Waals surface area contributed by atoms with E-state index < -0.39 is 0 Å². The van der Waals surface area contributed by atoms with Gasteiger partial charge in [0.15, 0.2) is 0 Å². The summed E-state index contributed by atoms with van der Waals surface area (Å²) < 4.78 is 5.48. The number of amides is 2. The van der Waals surface area contributed by atoms with E-state index in [0.717, 1.165) is 19.4 Å². The zero-order valence-electron chi connectivity index (χ0n) is 7.88. The second-order valence-corrected chi connectivity index (χ2v) is 3.22. The molecule has 0 aromatic heterocycles. The van der Waals surface area contributed by atoms with Gasteiger partial charge in [-0.25, -0.2) is 10.6 Å². The van der Waals surface area contributed by atoms with Crippen molar-refractivity contribution in [2.45, 2.75) is 25.9 Å². The van der Waals surface area contributed by atoms with Gasteiger partial charge in [0, 0.05) is 19.1 Å². The van der Waals surface area contributed by atoms with Crippen molar-refractivity contribution in [2.24, 2.45) is 11.8 Å². The molecule has 2 atom stereocenters. The number of urea groups is 1. The van der Waals surface area contributed by atoms with Crippen LogP contribution in [0.1, 0.15) is 19.8 Å². The van der Waals surface area contributed by atoms with Crippen molar-refractivity contribution in [1.82, 2.24) is 10.7 Å². The number of rotatable bonds is 3. The second-order valence-electron chi connectivity index (χ2n) is 3.22. The van der Waals surface area contributed by atoms with E-state index >= 15 is 0 Å². The van der Waals surface area contributed by atoms with E-state index in [1.54, 1.807) is 0 Å². The average molecular weight is 187 g/mol. The SMILES string of the molecule is CCC1OCCC1CNC(=O)NN. The van der Waals surface area contributed by atoms with Gasteiger partial charge in [-0.1, -0.05) is 6.92 Å². The van der Waals surface area contributed by atoms with Crippen LogP contribution in [0.15, 0.2) is 0 Å². The summed E-state index contributed by atoms with van der Waals surface area (Å²) in [5.74, 6) is 5.36. The van der Waals surface area contributed by atoms with Crippen LogP contribution in [0.3, 0.4) is 0 Å². The molecule has 2 amide bonds. The number of carbonyl (C=O) groups excluding carboxylic acids is 1. The van der Waals surface area contributed by atoms with Crippen molar-refractivity contribution >= 4 is 6.03 Å². The molecule has 0 aliphatic carbocycles. The summed E-state index contributed by atoms with van der Waals surface area (Å²) in [5.41, 5.74) is 2.03. The predicted octanol–water partition coefficient (Wildman–Crippen LogP) is -0.0256. The normalized spacial score (nSPS) is 27.2. The molecule has 1 heterocycles. The lowest BCUT2D eigenvalue weighted by molar-refractivity contribution is 0.0878. The van der Waals surface area contributed by atoms with E-state index in [0.29, 0.717) is 12.5 Å². The number of ether oxygens (including phenoxy) is 1. The van der Waals surface area contributed by atoms with Crippen LogP contribution >= 0.6 is 0 Å². The van der Waals surface area contributed by atoms with Crippen LogP contribution in [0.5, 0.6) is 0 Å². The van der Waals surface area contributed by atoms with E-state index in [2.05, 4.69) is 12.2 Å². The molecule has 1 aliphatic heterocycles. The van der Waals surface area contributed by atoms with Crippen LogP contribution in [-0.2, 0) is 4.74 Å². The Balaban J connectivity index is 2.23. The Labute approximate surface area is 78.0 Å². The summed E-state index contributed by atoms with van der Waals surface area (Å²) in [6, 6.07) is -0.332. The molecule has 1 saturated heterocycles. The number of carbonyl (C=O) groups is 1. The highest BCUT2D eigenvalue weighted by Crippen LogP contribution is 2.22. The Bertz CT molecular complexity index is 175. The van der Waals surface area contributed by atoms with Crippen molar-refractivity contribution in [2.75, 3.05) is 13.2 Å². The lowest BCUT2D eigenvalue weighted by Crippen LogP contribution is -2.42. The van der Waals surface area contributed by atoms with Crippen molar-refractivity contribution in [3.05, 3.63) is 0 Å². The molecule has 0 spiro atoms. The van der Waals surface area contributed by atoms with Gasteiger partial charge in [-0.2, -0.15) is 0 Å². The Morgan fingerprint density at radius 1 is 1.69 bits per heavy atom. The molecule has 0 radical (unpaired) electrons. The standard InChI is InChI=1S/C8H17N3O2/c1-2-7-6(3-4-13-7)5-10-8(12)11-9/h6-7H,2-5,9H2,1H3,(H2,10,11,12). The quantitative estimate of drug-likeness (QED) is 0.330. The van der Waals surface area contributed by atoms with Gasteiger partial charge >= 0.3 is 6.03 Å². The monoisotopic (exact) mass is 187 g/mol. The number of nitrogens with two attached hydrogens (primary N) is 1. The van der Waals surface area contributed by atoms with Gasteiger partial charge in [-0.05, 0) is 12.8 Å². The van der Waals surface area contributed by atoms with Gasteiger partial charge in [0.05, 0.1) is 6.10 Å². The van der Waals surface area contributed by atoms with E-state index in [9.17, 15) is 4.79 Å². The van der Waals surface area contributed by atoms with Crippen LogP contribution in [0, 0.1) is 5.92 Å². The van der Waals surface area contributed by atoms with Gasteiger partial charge in [-0.3, -0.25) is 5.43 Å². The van der Waals surface area contributed by atoms with Crippen molar-refractivity contribution in [3.63, 3.8) is 0 Å². The lowest BCUT2D eigenvalue weighted by Gasteiger charge is -2.16. The summed E-state index contributed by atoms with van der Waals surface area (Å²) in [5, 5.41) is 2.68. The minimum atomic E-state index is -0.332. The third-order valence-corrected chi connectivity index (χ3v) is 2.40. The smallest absolute Gasteiger partial charge is 0.328 e. The first-order valence-corrected chi connectivity index (χ1v) is 4.64. The maximum Gasteiger partial charge on any atom is 0.328 e. The van der Waals surface area contributed by atoms with Gasteiger partial charge in [-0.15, -0.1) is 0 Å². The Morgan fingerprint density at radius 2 is 2.46 bits per heavy atom. The lowest BCUT2D eigenvalue weighted by atomic mass is 10.00. The molecule has 1 rings (SSSR count). The van der Waals surface area contributed by atoms with Crippen LogP contribution in [0.25, 0.3) is 0 Å². The van der Waals surface area contributed by atoms with Crippen molar-refractivity contribution in [1.29, 1.82) is 0 Å². The summed E-state index contributed by atoms with van der Waals surface area (Å²) >= 11 is 0. The number of hydrogen-bond donors (Lipinski definition) is 3. The topological polar surface area (TPSA) is 76.4 Å². The largest absolute Gasteiger partial charge is 0.378 e. The molecule has 4 N–H and O–H groups in total. The molecular weight excluding hydrogens is 170 g/mol. The fraction of sp³-hybridized carbons (Fsp3) is 0.875. The van der Waals surface area contributed by atoms with Crippen molar-refractivity contribution < 1.29 is 9.53 Å². The summed E-state index contributed by atoms with van der Waals surface area (Å²) in [7, 11) is 0. The molecular formula is C8H17N3O2. The van der Waals surface area contributed by atoms with Gasteiger partial charge in [0.2, 0.25) is 0 Å². The van der Waals surface area contributed by atoms with Crippen LogP contribution in [-0.4, -0.2) is 25.3 Å². The molecule has 5 nitrogen and oxygen atoms in total. The first kappa shape index (κ1) is 10.3. The van der Waals surface area contributed by atoms with Crippen molar-refractivity contribution in [3.8, 4) is 0 Å². The van der Waals surface area contributed by atoms with Gasteiger partial charge in [0.25, 0.3) is 0 Å². The predicted molar refractivity (Wildman–Crippen MR) is 48.9 cm³/mol. The first-order chi connectivity index (χ1) is 6.27. The fourth-order valence-corrected chi connectivity index (χ4v) is 1.65. The Morgan fingerprint density at radius 3 is 3.08 bits per heavy atom. The highest BCUT2D eigenvalue weighted by Gasteiger charge is 2.26. The average Bonchev–Trinajstić information content (AvgIpc) is 2.61. The second kappa shape index (κ2) is 5.04. The Hall–Kier alpha value is -0.810. The molecule has 2 unspecified atom stereocenters. The summed E-state index contributed by atoms with van der Waals surface area (Å²) in [6.45, 7) is 3.53. The zero-order valence-corrected chi connectivity index (χ0v) is 7.88. The van der Waals surface area contributed by atoms with E-state index in [1.807, 2.05) is 5.43 Å². The van der Waals surface area contributed by atoms with Gasteiger partial charge in [0.1, 0.15) is 0 Å². The number of hydrogen-bond acceptors (Lipinski definition) is 3. The summed E-state index contributed by atoms with van der Waals surface area (Å²) in [6.07, 6.45) is 2.30. The molecule has 0 aromatic rings. The molecule has 76 valence electrons. The minimum Gasteiger partial charge on any atom is -0.378 e. The van der Waals surface area contributed by atoms with Crippen LogP contribution < -0.4 is 16.6 Å². The molecule has 0 aromatic carbocycles. The number of nitrogens with one attached hydrogen (secondary N) is 2.